The van der Waals surface area contributed by atoms with Crippen LogP contribution < -0.4 is 4.90 Å². The lowest BCUT2D eigenvalue weighted by Gasteiger charge is -2.32. The van der Waals surface area contributed by atoms with Gasteiger partial charge in [-0.25, -0.2) is 0 Å². The third-order valence-corrected chi connectivity index (χ3v) is 4.72. The number of hydrogen-bond donors (Lipinski definition) is 0. The second-order valence-corrected chi connectivity index (χ2v) is 5.99. The van der Waals surface area contributed by atoms with Crippen LogP contribution in [0.15, 0.2) is 24.3 Å². The maximum Gasteiger partial charge on any atom is 0.232 e. The molecule has 0 bridgehead atoms. The number of rotatable bonds is 1. The maximum absolute atomic E-state index is 4.38. The number of thiazole rings is 1. The van der Waals surface area contributed by atoms with Gasteiger partial charge in [0.25, 0.3) is 0 Å². The molecule has 0 radical (unpaired) electrons. The first kappa shape index (κ1) is 11.2. The molecule has 0 unspecified atom stereocenters. The molecule has 0 spiro atoms. The van der Waals surface area contributed by atoms with Crippen molar-refractivity contribution in [3.8, 4) is 0 Å². The highest BCUT2D eigenvalue weighted by Crippen LogP contribution is 2.29. The summed E-state index contributed by atoms with van der Waals surface area (Å²) in [4.78, 5) is 5.66. The van der Waals surface area contributed by atoms with Crippen molar-refractivity contribution >= 4 is 32.5 Å². The number of para-hydroxylation sites is 1. The first-order valence-corrected chi connectivity index (χ1v) is 7.31. The largest absolute Gasteiger partial charge is 0.338 e. The monoisotopic (exact) mass is 273 g/mol. The van der Waals surface area contributed by atoms with Crippen molar-refractivity contribution < 1.29 is 0 Å². The lowest BCUT2D eigenvalue weighted by Crippen LogP contribution is -2.45. The van der Waals surface area contributed by atoms with Crippen LogP contribution in [0.2, 0.25) is 0 Å². The molecule has 1 saturated heterocycles. The fourth-order valence-electron chi connectivity index (χ4n) is 2.58. The predicted octanol–water partition coefficient (Wildman–Crippen LogP) is 1.70. The Morgan fingerprint density at radius 1 is 1.05 bits per heavy atom. The Morgan fingerprint density at radius 2 is 1.84 bits per heavy atom. The average molecular weight is 273 g/mol. The van der Waals surface area contributed by atoms with E-state index < -0.39 is 0 Å². The molecule has 98 valence electrons. The molecule has 0 atom stereocenters. The third-order valence-electron chi connectivity index (χ3n) is 3.71. The van der Waals surface area contributed by atoms with Gasteiger partial charge in [-0.1, -0.05) is 23.5 Å². The molecule has 0 aliphatic carbocycles. The summed E-state index contributed by atoms with van der Waals surface area (Å²) in [6.45, 7) is 4.19. The van der Waals surface area contributed by atoms with Gasteiger partial charge in [-0.15, -0.1) is 10.2 Å². The number of nitrogens with zero attached hydrogens (tertiary/aromatic N) is 5. The van der Waals surface area contributed by atoms with Gasteiger partial charge in [-0.3, -0.25) is 4.40 Å². The summed E-state index contributed by atoms with van der Waals surface area (Å²) >= 11 is 1.70. The summed E-state index contributed by atoms with van der Waals surface area (Å²) in [5.74, 6) is 0.987. The molecule has 0 amide bonds. The van der Waals surface area contributed by atoms with Gasteiger partial charge in [0, 0.05) is 26.2 Å². The molecule has 3 aromatic rings. The Kier molecular flexibility index (Phi) is 2.46. The van der Waals surface area contributed by atoms with Gasteiger partial charge < -0.3 is 9.80 Å². The highest BCUT2D eigenvalue weighted by Gasteiger charge is 2.20. The molecule has 19 heavy (non-hydrogen) atoms. The maximum atomic E-state index is 4.38. The lowest BCUT2D eigenvalue weighted by atomic mass is 10.3. The van der Waals surface area contributed by atoms with Crippen LogP contribution in [-0.4, -0.2) is 52.7 Å². The molecule has 5 nitrogen and oxygen atoms in total. The number of fused-ring (bicyclic) bond motifs is 3. The fourth-order valence-corrected chi connectivity index (χ4v) is 3.54. The Morgan fingerprint density at radius 3 is 2.68 bits per heavy atom. The molecule has 6 heteroatoms. The first-order chi connectivity index (χ1) is 9.33. The van der Waals surface area contributed by atoms with Crippen LogP contribution in [0.4, 0.5) is 5.95 Å². The van der Waals surface area contributed by atoms with Gasteiger partial charge >= 0.3 is 0 Å². The SMILES string of the molecule is CN1CCN(c2nnc3sc4ccccc4n23)CC1. The number of likely N-dealkylation sites (N-methyl/N-ethyl adjacent to an activating group) is 1. The van der Waals surface area contributed by atoms with E-state index in [1.165, 1.54) is 10.2 Å². The van der Waals surface area contributed by atoms with Crippen molar-refractivity contribution in [2.24, 2.45) is 0 Å². The Bertz CT molecular complexity index is 723. The minimum atomic E-state index is 0.982. The molecule has 0 N–H and O–H groups in total. The number of aromatic nitrogens is 3. The highest BCUT2D eigenvalue weighted by molar-refractivity contribution is 7.23. The number of hydrogen-bond acceptors (Lipinski definition) is 5. The van der Waals surface area contributed by atoms with Crippen molar-refractivity contribution in [2.45, 2.75) is 0 Å². The average Bonchev–Trinajstić information content (AvgIpc) is 2.98. The highest BCUT2D eigenvalue weighted by atomic mass is 32.1. The van der Waals surface area contributed by atoms with Crippen LogP contribution in [0, 0.1) is 0 Å². The summed E-state index contributed by atoms with van der Waals surface area (Å²) in [7, 11) is 2.16. The van der Waals surface area contributed by atoms with E-state index in [0.717, 1.165) is 37.1 Å². The van der Waals surface area contributed by atoms with Gasteiger partial charge in [0.1, 0.15) is 0 Å². The fraction of sp³-hybridized carbons (Fsp3) is 0.385. The normalized spacial score (nSPS) is 17.6. The molecule has 4 rings (SSSR count). The van der Waals surface area contributed by atoms with E-state index in [2.05, 4.69) is 55.7 Å². The Balaban J connectivity index is 1.85. The predicted molar refractivity (Wildman–Crippen MR) is 78.1 cm³/mol. The van der Waals surface area contributed by atoms with Gasteiger partial charge in [-0.2, -0.15) is 0 Å². The Labute approximate surface area is 115 Å². The lowest BCUT2D eigenvalue weighted by molar-refractivity contribution is 0.311. The molecule has 1 aromatic carbocycles. The quantitative estimate of drug-likeness (QED) is 0.676. The first-order valence-electron chi connectivity index (χ1n) is 6.49. The Hall–Kier alpha value is -1.66. The van der Waals surface area contributed by atoms with E-state index in [4.69, 9.17) is 0 Å². The van der Waals surface area contributed by atoms with Crippen molar-refractivity contribution in [3.05, 3.63) is 24.3 Å². The van der Waals surface area contributed by atoms with Gasteiger partial charge in [0.2, 0.25) is 10.9 Å². The molecule has 2 aromatic heterocycles. The van der Waals surface area contributed by atoms with Crippen LogP contribution >= 0.6 is 11.3 Å². The summed E-state index contributed by atoms with van der Waals surface area (Å²) in [5, 5.41) is 8.71. The molecule has 1 aliphatic heterocycles. The van der Waals surface area contributed by atoms with Crippen LogP contribution in [0.5, 0.6) is 0 Å². The summed E-state index contributed by atoms with van der Waals surface area (Å²) in [5.41, 5.74) is 1.21. The zero-order valence-electron chi connectivity index (χ0n) is 10.8. The molecular weight excluding hydrogens is 258 g/mol. The number of anilines is 1. The van der Waals surface area contributed by atoms with Crippen molar-refractivity contribution in [2.75, 3.05) is 38.1 Å². The van der Waals surface area contributed by atoms with Crippen molar-refractivity contribution in [1.29, 1.82) is 0 Å². The van der Waals surface area contributed by atoms with E-state index in [1.54, 1.807) is 11.3 Å². The minimum absolute atomic E-state index is 0.982. The van der Waals surface area contributed by atoms with E-state index in [0.29, 0.717) is 0 Å². The van der Waals surface area contributed by atoms with Crippen LogP contribution in [0.3, 0.4) is 0 Å². The molecular formula is C13H15N5S. The third kappa shape index (κ3) is 1.71. The van der Waals surface area contributed by atoms with E-state index in [1.807, 2.05) is 0 Å². The molecule has 1 fully saturated rings. The van der Waals surface area contributed by atoms with E-state index in [9.17, 15) is 0 Å². The number of piperazine rings is 1. The van der Waals surface area contributed by atoms with E-state index in [-0.39, 0.29) is 0 Å². The molecule has 0 saturated carbocycles. The number of benzene rings is 1. The summed E-state index contributed by atoms with van der Waals surface area (Å²) < 4.78 is 3.45. The van der Waals surface area contributed by atoms with Crippen LogP contribution in [0.25, 0.3) is 15.2 Å². The second-order valence-electron chi connectivity index (χ2n) is 4.98. The van der Waals surface area contributed by atoms with Gasteiger partial charge in [-0.05, 0) is 19.2 Å². The van der Waals surface area contributed by atoms with Crippen molar-refractivity contribution in [1.82, 2.24) is 19.5 Å². The summed E-state index contributed by atoms with van der Waals surface area (Å²) in [6.07, 6.45) is 0. The van der Waals surface area contributed by atoms with Crippen LogP contribution in [-0.2, 0) is 0 Å². The molecule has 3 heterocycles. The topological polar surface area (TPSA) is 36.7 Å². The van der Waals surface area contributed by atoms with Gasteiger partial charge in [0.15, 0.2) is 0 Å². The van der Waals surface area contributed by atoms with Crippen molar-refractivity contribution in [3.63, 3.8) is 0 Å². The zero-order chi connectivity index (χ0) is 12.8. The van der Waals surface area contributed by atoms with Gasteiger partial charge in [0.05, 0.1) is 10.2 Å². The smallest absolute Gasteiger partial charge is 0.232 e. The molecule has 1 aliphatic rings. The summed E-state index contributed by atoms with van der Waals surface area (Å²) in [6, 6.07) is 8.42. The zero-order valence-corrected chi connectivity index (χ0v) is 11.6. The van der Waals surface area contributed by atoms with E-state index >= 15 is 0 Å². The van der Waals surface area contributed by atoms with Crippen LogP contribution in [0.1, 0.15) is 0 Å². The minimum Gasteiger partial charge on any atom is -0.338 e. The second kappa shape index (κ2) is 4.18. The standard InChI is InChI=1S/C13H15N5S/c1-16-6-8-17(9-7-16)12-14-15-13-18(12)10-4-2-3-5-11(10)19-13/h2-5H,6-9H2,1H3.